The number of likely N-dealkylation sites (N-methyl/N-ethyl adjacent to an activating group) is 1. The molecule has 1 unspecified atom stereocenters. The van der Waals surface area contributed by atoms with Gasteiger partial charge in [-0.25, -0.2) is 4.98 Å². The normalized spacial score (nSPS) is 21.2. The summed E-state index contributed by atoms with van der Waals surface area (Å²) in [5, 5.41) is 3.05. The van der Waals surface area contributed by atoms with Crippen molar-refractivity contribution in [2.24, 2.45) is 0 Å². The number of hydrogen-bond donors (Lipinski definition) is 1. The summed E-state index contributed by atoms with van der Waals surface area (Å²) < 4.78 is 0. The van der Waals surface area contributed by atoms with Crippen molar-refractivity contribution in [3.05, 3.63) is 29.6 Å². The second-order valence-electron chi connectivity index (χ2n) is 4.74. The average Bonchev–Trinajstić information content (AvgIpc) is 2.29. The molecule has 1 amide bonds. The Morgan fingerprint density at radius 2 is 2.35 bits per heavy atom. The number of aryl methyl sites for hydroxylation is 1. The van der Waals surface area contributed by atoms with E-state index in [1.54, 1.807) is 6.07 Å². The SMILES string of the molecule is Cc1cccc(C(=O)NC2CCCN(C)C2)n1. The quantitative estimate of drug-likeness (QED) is 0.835. The first kappa shape index (κ1) is 12.0. The molecule has 0 spiro atoms. The van der Waals surface area contributed by atoms with Crippen LogP contribution in [0.4, 0.5) is 0 Å². The third kappa shape index (κ3) is 3.27. The molecule has 1 aromatic heterocycles. The molecule has 2 rings (SSSR count). The van der Waals surface area contributed by atoms with Crippen LogP contribution in [0.25, 0.3) is 0 Å². The summed E-state index contributed by atoms with van der Waals surface area (Å²) in [6, 6.07) is 5.77. The van der Waals surface area contributed by atoms with E-state index in [1.165, 1.54) is 0 Å². The van der Waals surface area contributed by atoms with Gasteiger partial charge >= 0.3 is 0 Å². The van der Waals surface area contributed by atoms with E-state index < -0.39 is 0 Å². The van der Waals surface area contributed by atoms with Crippen LogP contribution in [0.1, 0.15) is 29.0 Å². The van der Waals surface area contributed by atoms with Gasteiger partial charge in [0.1, 0.15) is 5.69 Å². The summed E-state index contributed by atoms with van der Waals surface area (Å²) in [4.78, 5) is 18.5. The summed E-state index contributed by atoms with van der Waals surface area (Å²) in [6.45, 7) is 3.94. The Balaban J connectivity index is 1.97. The van der Waals surface area contributed by atoms with Crippen molar-refractivity contribution in [2.45, 2.75) is 25.8 Å². The molecule has 1 saturated heterocycles. The third-order valence-corrected chi connectivity index (χ3v) is 3.08. The summed E-state index contributed by atoms with van der Waals surface area (Å²) >= 11 is 0. The van der Waals surface area contributed by atoms with E-state index in [2.05, 4.69) is 22.2 Å². The van der Waals surface area contributed by atoms with Crippen LogP contribution in [0.3, 0.4) is 0 Å². The molecule has 1 aromatic rings. The van der Waals surface area contributed by atoms with E-state index in [9.17, 15) is 4.79 Å². The van der Waals surface area contributed by atoms with Gasteiger partial charge in [0.2, 0.25) is 0 Å². The van der Waals surface area contributed by atoms with Gasteiger partial charge in [-0.1, -0.05) is 6.07 Å². The first-order valence-electron chi connectivity index (χ1n) is 6.08. The fourth-order valence-electron chi connectivity index (χ4n) is 2.21. The zero-order chi connectivity index (χ0) is 12.3. The van der Waals surface area contributed by atoms with E-state index in [0.29, 0.717) is 5.69 Å². The lowest BCUT2D eigenvalue weighted by atomic mass is 10.1. The summed E-state index contributed by atoms with van der Waals surface area (Å²) in [5.41, 5.74) is 1.39. The molecule has 1 aliphatic heterocycles. The Labute approximate surface area is 102 Å². The molecule has 0 aromatic carbocycles. The number of rotatable bonds is 2. The smallest absolute Gasteiger partial charge is 0.270 e. The van der Waals surface area contributed by atoms with Crippen LogP contribution in [-0.4, -0.2) is 42.0 Å². The number of carbonyl (C=O) groups is 1. The van der Waals surface area contributed by atoms with E-state index >= 15 is 0 Å². The molecular formula is C13H19N3O. The maximum absolute atomic E-state index is 12.0. The molecule has 0 bridgehead atoms. The first-order chi connectivity index (χ1) is 8.15. The predicted octanol–water partition coefficient (Wildman–Crippen LogP) is 1.21. The zero-order valence-corrected chi connectivity index (χ0v) is 10.4. The van der Waals surface area contributed by atoms with Gasteiger partial charge in [0.25, 0.3) is 5.91 Å². The number of nitrogens with zero attached hydrogens (tertiary/aromatic N) is 2. The van der Waals surface area contributed by atoms with E-state index in [4.69, 9.17) is 0 Å². The number of aromatic nitrogens is 1. The standard InChI is InChI=1S/C13H19N3O/c1-10-5-3-7-12(14-10)13(17)15-11-6-4-8-16(2)9-11/h3,5,7,11H,4,6,8-9H2,1-2H3,(H,15,17). The minimum Gasteiger partial charge on any atom is -0.347 e. The first-order valence-corrected chi connectivity index (χ1v) is 6.08. The zero-order valence-electron chi connectivity index (χ0n) is 10.4. The van der Waals surface area contributed by atoms with Gasteiger partial charge in [-0.05, 0) is 45.5 Å². The summed E-state index contributed by atoms with van der Waals surface area (Å²) in [6.07, 6.45) is 2.20. The van der Waals surface area contributed by atoms with Crippen molar-refractivity contribution < 1.29 is 4.79 Å². The van der Waals surface area contributed by atoms with Gasteiger partial charge in [-0.15, -0.1) is 0 Å². The molecule has 1 aliphatic rings. The molecule has 1 N–H and O–H groups in total. The molecule has 0 aliphatic carbocycles. The third-order valence-electron chi connectivity index (χ3n) is 3.08. The largest absolute Gasteiger partial charge is 0.347 e. The number of hydrogen-bond acceptors (Lipinski definition) is 3. The maximum Gasteiger partial charge on any atom is 0.270 e. The Hall–Kier alpha value is -1.42. The lowest BCUT2D eigenvalue weighted by molar-refractivity contribution is 0.0907. The number of pyridine rings is 1. The van der Waals surface area contributed by atoms with Gasteiger partial charge in [0.15, 0.2) is 0 Å². The highest BCUT2D eigenvalue weighted by Crippen LogP contribution is 2.08. The molecule has 0 saturated carbocycles. The van der Waals surface area contributed by atoms with Gasteiger partial charge in [-0.2, -0.15) is 0 Å². The Kier molecular flexibility index (Phi) is 3.74. The van der Waals surface area contributed by atoms with Crippen molar-refractivity contribution in [1.29, 1.82) is 0 Å². The molecule has 1 fully saturated rings. The molecular weight excluding hydrogens is 214 g/mol. The number of amides is 1. The van der Waals surface area contributed by atoms with Crippen LogP contribution in [0.15, 0.2) is 18.2 Å². The fraction of sp³-hybridized carbons (Fsp3) is 0.538. The number of nitrogens with one attached hydrogen (secondary N) is 1. The Bertz CT molecular complexity index is 405. The lowest BCUT2D eigenvalue weighted by Crippen LogP contribution is -2.46. The highest BCUT2D eigenvalue weighted by Gasteiger charge is 2.19. The highest BCUT2D eigenvalue weighted by molar-refractivity contribution is 5.92. The van der Waals surface area contributed by atoms with E-state index in [-0.39, 0.29) is 11.9 Å². The van der Waals surface area contributed by atoms with Gasteiger partial charge in [0, 0.05) is 18.3 Å². The molecule has 4 nitrogen and oxygen atoms in total. The fourth-order valence-corrected chi connectivity index (χ4v) is 2.21. The van der Waals surface area contributed by atoms with E-state index in [0.717, 1.165) is 31.6 Å². The van der Waals surface area contributed by atoms with Crippen LogP contribution in [0.2, 0.25) is 0 Å². The van der Waals surface area contributed by atoms with Crippen molar-refractivity contribution in [3.63, 3.8) is 0 Å². The monoisotopic (exact) mass is 233 g/mol. The molecule has 0 radical (unpaired) electrons. The minimum absolute atomic E-state index is 0.0611. The number of likely N-dealkylation sites (tertiary alicyclic amines) is 1. The topological polar surface area (TPSA) is 45.2 Å². The molecule has 92 valence electrons. The predicted molar refractivity (Wildman–Crippen MR) is 67.0 cm³/mol. The van der Waals surface area contributed by atoms with Crippen LogP contribution < -0.4 is 5.32 Å². The van der Waals surface area contributed by atoms with Crippen molar-refractivity contribution in [1.82, 2.24) is 15.2 Å². The Morgan fingerprint density at radius 3 is 3.06 bits per heavy atom. The second kappa shape index (κ2) is 5.27. The molecule has 4 heteroatoms. The minimum atomic E-state index is -0.0611. The summed E-state index contributed by atoms with van der Waals surface area (Å²) in [7, 11) is 2.09. The highest BCUT2D eigenvalue weighted by atomic mass is 16.1. The van der Waals surface area contributed by atoms with Crippen molar-refractivity contribution in [2.75, 3.05) is 20.1 Å². The molecule has 17 heavy (non-hydrogen) atoms. The molecule has 2 heterocycles. The van der Waals surface area contributed by atoms with Gasteiger partial charge < -0.3 is 10.2 Å². The van der Waals surface area contributed by atoms with Crippen molar-refractivity contribution in [3.8, 4) is 0 Å². The van der Waals surface area contributed by atoms with Crippen molar-refractivity contribution >= 4 is 5.91 Å². The van der Waals surface area contributed by atoms with Crippen LogP contribution in [-0.2, 0) is 0 Å². The number of piperidine rings is 1. The Morgan fingerprint density at radius 1 is 1.53 bits per heavy atom. The second-order valence-corrected chi connectivity index (χ2v) is 4.74. The van der Waals surface area contributed by atoms with Gasteiger partial charge in [0.05, 0.1) is 0 Å². The average molecular weight is 233 g/mol. The maximum atomic E-state index is 12.0. The number of carbonyl (C=O) groups excluding carboxylic acids is 1. The molecule has 1 atom stereocenters. The van der Waals surface area contributed by atoms with Crippen LogP contribution in [0.5, 0.6) is 0 Å². The lowest BCUT2D eigenvalue weighted by Gasteiger charge is -2.30. The van der Waals surface area contributed by atoms with Crippen LogP contribution >= 0.6 is 0 Å². The van der Waals surface area contributed by atoms with Crippen LogP contribution in [0, 0.1) is 6.92 Å². The summed E-state index contributed by atoms with van der Waals surface area (Å²) in [5.74, 6) is -0.0611. The van der Waals surface area contributed by atoms with Gasteiger partial charge in [-0.3, -0.25) is 4.79 Å². The van der Waals surface area contributed by atoms with E-state index in [1.807, 2.05) is 19.1 Å².